The van der Waals surface area contributed by atoms with Crippen molar-refractivity contribution in [2.75, 3.05) is 7.11 Å². The SMILES string of the molecule is C#CC(C)c1ccc(OC)cc1O. The van der Waals surface area contributed by atoms with E-state index in [0.717, 1.165) is 5.56 Å². The average Bonchev–Trinajstić information content (AvgIpc) is 2.16. The number of phenols is 1. The quantitative estimate of drug-likeness (QED) is 0.699. The van der Waals surface area contributed by atoms with Crippen molar-refractivity contribution in [2.24, 2.45) is 0 Å². The molecule has 1 aromatic carbocycles. The highest BCUT2D eigenvalue weighted by Crippen LogP contribution is 2.28. The lowest BCUT2D eigenvalue weighted by atomic mass is 10.0. The number of benzene rings is 1. The van der Waals surface area contributed by atoms with Gasteiger partial charge < -0.3 is 9.84 Å². The summed E-state index contributed by atoms with van der Waals surface area (Å²) in [5.74, 6) is 3.30. The molecule has 2 nitrogen and oxygen atoms in total. The minimum absolute atomic E-state index is 0.0779. The molecule has 0 saturated carbocycles. The fourth-order valence-electron chi connectivity index (χ4n) is 1.11. The Bertz CT molecular complexity index is 336. The second kappa shape index (κ2) is 3.86. The summed E-state index contributed by atoms with van der Waals surface area (Å²) in [5.41, 5.74) is 0.753. The molecule has 1 atom stereocenters. The number of hydrogen-bond donors (Lipinski definition) is 1. The highest BCUT2D eigenvalue weighted by atomic mass is 16.5. The molecular formula is C11H12O2. The van der Waals surface area contributed by atoms with E-state index in [1.807, 2.05) is 6.92 Å². The van der Waals surface area contributed by atoms with E-state index in [2.05, 4.69) is 5.92 Å². The summed E-state index contributed by atoms with van der Waals surface area (Å²) in [6.07, 6.45) is 5.25. The number of aromatic hydroxyl groups is 1. The minimum atomic E-state index is -0.0779. The van der Waals surface area contributed by atoms with Crippen LogP contribution < -0.4 is 4.74 Å². The van der Waals surface area contributed by atoms with E-state index in [9.17, 15) is 5.11 Å². The monoisotopic (exact) mass is 176 g/mol. The fraction of sp³-hybridized carbons (Fsp3) is 0.273. The Balaban J connectivity index is 3.06. The Labute approximate surface area is 78.2 Å². The first-order valence-corrected chi connectivity index (χ1v) is 4.02. The molecule has 0 aliphatic rings. The van der Waals surface area contributed by atoms with E-state index in [-0.39, 0.29) is 11.7 Å². The van der Waals surface area contributed by atoms with Gasteiger partial charge in [-0.05, 0) is 13.0 Å². The third-order valence-corrected chi connectivity index (χ3v) is 1.95. The Morgan fingerprint density at radius 3 is 2.69 bits per heavy atom. The van der Waals surface area contributed by atoms with Crippen LogP contribution in [0.5, 0.6) is 11.5 Å². The molecule has 1 rings (SSSR count). The van der Waals surface area contributed by atoms with Crippen LogP contribution >= 0.6 is 0 Å². The van der Waals surface area contributed by atoms with Gasteiger partial charge in [-0.1, -0.05) is 12.0 Å². The van der Waals surface area contributed by atoms with Gasteiger partial charge in [-0.25, -0.2) is 0 Å². The third-order valence-electron chi connectivity index (χ3n) is 1.95. The van der Waals surface area contributed by atoms with Gasteiger partial charge in [-0.15, -0.1) is 6.42 Å². The molecule has 0 radical (unpaired) electrons. The molecule has 0 bridgehead atoms. The van der Waals surface area contributed by atoms with Crippen LogP contribution in [0.1, 0.15) is 18.4 Å². The van der Waals surface area contributed by atoms with Gasteiger partial charge in [0, 0.05) is 17.5 Å². The van der Waals surface area contributed by atoms with Gasteiger partial charge in [0.15, 0.2) is 0 Å². The smallest absolute Gasteiger partial charge is 0.123 e. The van der Waals surface area contributed by atoms with Crippen LogP contribution in [0, 0.1) is 12.3 Å². The van der Waals surface area contributed by atoms with Crippen molar-refractivity contribution in [2.45, 2.75) is 12.8 Å². The fourth-order valence-corrected chi connectivity index (χ4v) is 1.11. The number of terminal acetylenes is 1. The molecule has 0 amide bonds. The lowest BCUT2D eigenvalue weighted by Gasteiger charge is -2.08. The first kappa shape index (κ1) is 9.47. The van der Waals surface area contributed by atoms with Gasteiger partial charge in [-0.3, -0.25) is 0 Å². The van der Waals surface area contributed by atoms with E-state index >= 15 is 0 Å². The van der Waals surface area contributed by atoms with Crippen LogP contribution in [0.25, 0.3) is 0 Å². The number of hydrogen-bond acceptors (Lipinski definition) is 2. The maximum Gasteiger partial charge on any atom is 0.123 e. The van der Waals surface area contributed by atoms with Crippen molar-refractivity contribution in [3.05, 3.63) is 23.8 Å². The third kappa shape index (κ3) is 1.94. The predicted octanol–water partition coefficient (Wildman–Crippen LogP) is 2.14. The van der Waals surface area contributed by atoms with Crippen LogP contribution in [0.15, 0.2) is 18.2 Å². The van der Waals surface area contributed by atoms with Crippen molar-refractivity contribution in [1.82, 2.24) is 0 Å². The van der Waals surface area contributed by atoms with Gasteiger partial charge in [-0.2, -0.15) is 0 Å². The second-order valence-electron chi connectivity index (χ2n) is 2.81. The van der Waals surface area contributed by atoms with Crippen molar-refractivity contribution in [3.63, 3.8) is 0 Å². The zero-order valence-corrected chi connectivity index (χ0v) is 7.74. The zero-order valence-electron chi connectivity index (χ0n) is 7.74. The Kier molecular flexibility index (Phi) is 2.81. The molecule has 13 heavy (non-hydrogen) atoms. The lowest BCUT2D eigenvalue weighted by Crippen LogP contribution is -1.91. The van der Waals surface area contributed by atoms with Gasteiger partial charge >= 0.3 is 0 Å². The molecular weight excluding hydrogens is 164 g/mol. The summed E-state index contributed by atoms with van der Waals surface area (Å²) in [7, 11) is 1.55. The van der Waals surface area contributed by atoms with Gasteiger partial charge in [0.1, 0.15) is 11.5 Å². The van der Waals surface area contributed by atoms with Crippen molar-refractivity contribution in [1.29, 1.82) is 0 Å². The summed E-state index contributed by atoms with van der Waals surface area (Å²) in [6.45, 7) is 1.86. The van der Waals surface area contributed by atoms with E-state index in [1.54, 1.807) is 25.3 Å². The molecule has 0 spiro atoms. The molecule has 1 unspecified atom stereocenters. The topological polar surface area (TPSA) is 29.5 Å². The number of phenolic OH excluding ortho intramolecular Hbond substituents is 1. The molecule has 1 N–H and O–H groups in total. The number of rotatable bonds is 2. The van der Waals surface area contributed by atoms with Crippen molar-refractivity contribution < 1.29 is 9.84 Å². The van der Waals surface area contributed by atoms with E-state index in [4.69, 9.17) is 11.2 Å². The minimum Gasteiger partial charge on any atom is -0.507 e. The van der Waals surface area contributed by atoms with Crippen molar-refractivity contribution in [3.8, 4) is 23.8 Å². The molecule has 0 saturated heterocycles. The molecule has 0 aromatic heterocycles. The standard InChI is InChI=1S/C11H12O2/c1-4-8(2)10-6-5-9(13-3)7-11(10)12/h1,5-8,12H,2-3H3. The van der Waals surface area contributed by atoms with E-state index in [0.29, 0.717) is 5.75 Å². The van der Waals surface area contributed by atoms with Crippen LogP contribution in [-0.2, 0) is 0 Å². The van der Waals surface area contributed by atoms with Crippen molar-refractivity contribution >= 4 is 0 Å². The largest absolute Gasteiger partial charge is 0.507 e. The normalized spacial score (nSPS) is 11.8. The molecule has 0 fully saturated rings. The first-order chi connectivity index (χ1) is 6.19. The summed E-state index contributed by atoms with van der Waals surface area (Å²) in [6, 6.07) is 5.12. The maximum absolute atomic E-state index is 9.55. The molecule has 1 aromatic rings. The second-order valence-corrected chi connectivity index (χ2v) is 2.81. The van der Waals surface area contributed by atoms with Gasteiger partial charge in [0.2, 0.25) is 0 Å². The van der Waals surface area contributed by atoms with Crippen LogP contribution in [0.4, 0.5) is 0 Å². The molecule has 0 aliphatic carbocycles. The lowest BCUT2D eigenvalue weighted by molar-refractivity contribution is 0.406. The Hall–Kier alpha value is -1.62. The maximum atomic E-state index is 9.55. The average molecular weight is 176 g/mol. The molecule has 0 aliphatic heterocycles. The van der Waals surface area contributed by atoms with E-state index < -0.39 is 0 Å². The molecule has 68 valence electrons. The number of methoxy groups -OCH3 is 1. The van der Waals surface area contributed by atoms with E-state index in [1.165, 1.54) is 0 Å². The van der Waals surface area contributed by atoms with Gasteiger partial charge in [0.25, 0.3) is 0 Å². The summed E-state index contributed by atoms with van der Waals surface area (Å²) < 4.78 is 4.95. The first-order valence-electron chi connectivity index (χ1n) is 4.02. The van der Waals surface area contributed by atoms with Gasteiger partial charge in [0.05, 0.1) is 7.11 Å². The highest BCUT2D eigenvalue weighted by molar-refractivity contribution is 5.43. The number of ether oxygens (including phenoxy) is 1. The van der Waals surface area contributed by atoms with Crippen LogP contribution in [0.3, 0.4) is 0 Å². The molecule has 0 heterocycles. The highest BCUT2D eigenvalue weighted by Gasteiger charge is 2.07. The Morgan fingerprint density at radius 1 is 1.54 bits per heavy atom. The summed E-state index contributed by atoms with van der Waals surface area (Å²) >= 11 is 0. The van der Waals surface area contributed by atoms with Crippen LogP contribution in [-0.4, -0.2) is 12.2 Å². The summed E-state index contributed by atoms with van der Waals surface area (Å²) in [5, 5.41) is 9.55. The zero-order chi connectivity index (χ0) is 9.84. The Morgan fingerprint density at radius 2 is 2.23 bits per heavy atom. The molecule has 2 heteroatoms. The predicted molar refractivity (Wildman–Crippen MR) is 51.9 cm³/mol. The summed E-state index contributed by atoms with van der Waals surface area (Å²) in [4.78, 5) is 0. The van der Waals surface area contributed by atoms with Crippen LogP contribution in [0.2, 0.25) is 0 Å².